The highest BCUT2D eigenvalue weighted by molar-refractivity contribution is 8.93. The maximum absolute atomic E-state index is 5.30. The molecule has 0 atom stereocenters. The van der Waals surface area contributed by atoms with Gasteiger partial charge in [0.05, 0.1) is 5.69 Å². The van der Waals surface area contributed by atoms with Crippen molar-refractivity contribution < 1.29 is 4.42 Å². The van der Waals surface area contributed by atoms with Gasteiger partial charge in [-0.05, 0) is 0 Å². The second kappa shape index (κ2) is 4.46. The first kappa shape index (κ1) is 9.65. The third kappa shape index (κ3) is 2.11. The standard InChI is InChI=1S/C6H10N2O.BrH/c1-2-6-8-5(3-7)4-9-6;/h4H,2-3,7H2,1H3;1H. The molecule has 1 rings (SSSR count). The molecule has 0 aromatic carbocycles. The first-order valence-corrected chi connectivity index (χ1v) is 3.00. The molecule has 0 radical (unpaired) electrons. The Labute approximate surface area is 70.4 Å². The summed E-state index contributed by atoms with van der Waals surface area (Å²) in [6.45, 7) is 2.45. The van der Waals surface area contributed by atoms with E-state index in [1.54, 1.807) is 6.26 Å². The molecule has 0 aliphatic carbocycles. The van der Waals surface area contributed by atoms with Gasteiger partial charge in [0, 0.05) is 13.0 Å². The third-order valence-corrected chi connectivity index (χ3v) is 1.11. The van der Waals surface area contributed by atoms with E-state index in [9.17, 15) is 0 Å². The molecule has 0 spiro atoms. The Morgan fingerprint density at radius 2 is 2.40 bits per heavy atom. The van der Waals surface area contributed by atoms with Crippen LogP contribution in [0.3, 0.4) is 0 Å². The zero-order valence-electron chi connectivity index (χ0n) is 5.83. The van der Waals surface area contributed by atoms with Gasteiger partial charge in [-0.2, -0.15) is 0 Å². The summed E-state index contributed by atoms with van der Waals surface area (Å²) in [4.78, 5) is 4.06. The van der Waals surface area contributed by atoms with Gasteiger partial charge in [-0.15, -0.1) is 17.0 Å². The maximum Gasteiger partial charge on any atom is 0.193 e. The average Bonchev–Trinajstić information content (AvgIpc) is 2.34. The summed E-state index contributed by atoms with van der Waals surface area (Å²) in [6, 6.07) is 0. The fourth-order valence-electron chi connectivity index (χ4n) is 0.605. The van der Waals surface area contributed by atoms with Crippen molar-refractivity contribution in [1.29, 1.82) is 0 Å². The highest BCUT2D eigenvalue weighted by Crippen LogP contribution is 2.00. The molecular weight excluding hydrogens is 196 g/mol. The van der Waals surface area contributed by atoms with Crippen molar-refractivity contribution in [3.63, 3.8) is 0 Å². The van der Waals surface area contributed by atoms with Gasteiger partial charge in [0.15, 0.2) is 5.89 Å². The average molecular weight is 207 g/mol. The Balaban J connectivity index is 0.000000810. The number of oxazole rings is 1. The molecule has 1 aromatic heterocycles. The fraction of sp³-hybridized carbons (Fsp3) is 0.500. The van der Waals surface area contributed by atoms with Gasteiger partial charge in [0.2, 0.25) is 0 Å². The minimum absolute atomic E-state index is 0. The topological polar surface area (TPSA) is 52.0 Å². The number of hydrogen-bond acceptors (Lipinski definition) is 3. The molecule has 0 aliphatic heterocycles. The predicted octanol–water partition coefficient (Wildman–Crippen LogP) is 1.27. The van der Waals surface area contributed by atoms with Crippen molar-refractivity contribution in [3.05, 3.63) is 17.8 Å². The fourth-order valence-corrected chi connectivity index (χ4v) is 0.605. The second-order valence-corrected chi connectivity index (χ2v) is 1.79. The van der Waals surface area contributed by atoms with Crippen LogP contribution in [-0.4, -0.2) is 4.98 Å². The number of nitrogens with two attached hydrogens (primary N) is 1. The molecule has 0 fully saturated rings. The number of aryl methyl sites for hydroxylation is 1. The van der Waals surface area contributed by atoms with E-state index in [0.717, 1.165) is 18.0 Å². The molecule has 2 N–H and O–H groups in total. The van der Waals surface area contributed by atoms with Crippen LogP contribution in [0.25, 0.3) is 0 Å². The quantitative estimate of drug-likeness (QED) is 0.794. The van der Waals surface area contributed by atoms with Gasteiger partial charge in [0.1, 0.15) is 6.26 Å². The van der Waals surface area contributed by atoms with Crippen LogP contribution in [0.5, 0.6) is 0 Å². The maximum atomic E-state index is 5.30. The lowest BCUT2D eigenvalue weighted by Crippen LogP contribution is -1.95. The Bertz CT molecular complexity index is 169. The van der Waals surface area contributed by atoms with Gasteiger partial charge in [-0.3, -0.25) is 0 Å². The van der Waals surface area contributed by atoms with Crippen LogP contribution in [0.15, 0.2) is 10.7 Å². The first-order chi connectivity index (χ1) is 4.36. The summed E-state index contributed by atoms with van der Waals surface area (Å²) in [7, 11) is 0. The summed E-state index contributed by atoms with van der Waals surface area (Å²) in [5, 5.41) is 0. The molecule has 0 saturated carbocycles. The van der Waals surface area contributed by atoms with Crippen LogP contribution < -0.4 is 5.73 Å². The lowest BCUT2D eigenvalue weighted by Gasteiger charge is -1.80. The molecule has 0 bridgehead atoms. The van der Waals surface area contributed by atoms with E-state index in [2.05, 4.69) is 4.98 Å². The van der Waals surface area contributed by atoms with Crippen molar-refractivity contribution in [3.8, 4) is 0 Å². The van der Waals surface area contributed by atoms with E-state index in [4.69, 9.17) is 10.2 Å². The van der Waals surface area contributed by atoms with E-state index in [1.165, 1.54) is 0 Å². The Morgan fingerprint density at radius 3 is 2.70 bits per heavy atom. The Hall–Kier alpha value is -0.350. The molecule has 1 aromatic rings. The highest BCUT2D eigenvalue weighted by atomic mass is 79.9. The molecule has 0 amide bonds. The number of nitrogens with zero attached hydrogens (tertiary/aromatic N) is 1. The van der Waals surface area contributed by atoms with Crippen LogP contribution >= 0.6 is 17.0 Å². The summed E-state index contributed by atoms with van der Waals surface area (Å²) in [5.74, 6) is 0.760. The Kier molecular flexibility index (Phi) is 4.31. The predicted molar refractivity (Wildman–Crippen MR) is 44.1 cm³/mol. The van der Waals surface area contributed by atoms with E-state index < -0.39 is 0 Å². The van der Waals surface area contributed by atoms with Crippen molar-refractivity contribution in [2.75, 3.05) is 0 Å². The van der Waals surface area contributed by atoms with Gasteiger partial charge in [-0.25, -0.2) is 4.98 Å². The second-order valence-electron chi connectivity index (χ2n) is 1.79. The van der Waals surface area contributed by atoms with Gasteiger partial charge in [0.25, 0.3) is 0 Å². The number of halogens is 1. The van der Waals surface area contributed by atoms with Gasteiger partial charge < -0.3 is 10.2 Å². The van der Waals surface area contributed by atoms with Crippen molar-refractivity contribution in [2.45, 2.75) is 19.9 Å². The van der Waals surface area contributed by atoms with E-state index >= 15 is 0 Å². The number of rotatable bonds is 2. The van der Waals surface area contributed by atoms with Crippen LogP contribution in [0.4, 0.5) is 0 Å². The van der Waals surface area contributed by atoms with E-state index in [1.807, 2.05) is 6.92 Å². The zero-order chi connectivity index (χ0) is 6.69. The Morgan fingerprint density at radius 1 is 1.70 bits per heavy atom. The van der Waals surface area contributed by atoms with E-state index in [0.29, 0.717) is 6.54 Å². The van der Waals surface area contributed by atoms with Gasteiger partial charge in [-0.1, -0.05) is 6.92 Å². The molecule has 0 aliphatic rings. The zero-order valence-corrected chi connectivity index (χ0v) is 7.55. The van der Waals surface area contributed by atoms with Crippen LogP contribution in [0.1, 0.15) is 18.5 Å². The lowest BCUT2D eigenvalue weighted by atomic mass is 10.5. The highest BCUT2D eigenvalue weighted by Gasteiger charge is 1.96. The summed E-state index contributed by atoms with van der Waals surface area (Å²) < 4.78 is 5.01. The van der Waals surface area contributed by atoms with Crippen molar-refractivity contribution in [2.24, 2.45) is 5.73 Å². The largest absolute Gasteiger partial charge is 0.449 e. The number of hydrogen-bond donors (Lipinski definition) is 1. The molecule has 4 heteroatoms. The molecular formula is C6H11BrN2O. The van der Waals surface area contributed by atoms with Crippen LogP contribution in [0, 0.1) is 0 Å². The molecule has 10 heavy (non-hydrogen) atoms. The monoisotopic (exact) mass is 206 g/mol. The molecule has 1 heterocycles. The molecule has 3 nitrogen and oxygen atoms in total. The van der Waals surface area contributed by atoms with Crippen LogP contribution in [-0.2, 0) is 13.0 Å². The smallest absolute Gasteiger partial charge is 0.193 e. The minimum atomic E-state index is 0. The molecule has 0 unspecified atom stereocenters. The molecule has 0 saturated heterocycles. The summed E-state index contributed by atoms with van der Waals surface area (Å²) in [5.41, 5.74) is 6.12. The SMILES string of the molecule is Br.CCc1nc(CN)co1. The minimum Gasteiger partial charge on any atom is -0.449 e. The van der Waals surface area contributed by atoms with Crippen LogP contribution in [0.2, 0.25) is 0 Å². The normalized spacial score (nSPS) is 9.00. The molecule has 58 valence electrons. The van der Waals surface area contributed by atoms with E-state index in [-0.39, 0.29) is 17.0 Å². The first-order valence-electron chi connectivity index (χ1n) is 3.00. The van der Waals surface area contributed by atoms with Gasteiger partial charge >= 0.3 is 0 Å². The lowest BCUT2D eigenvalue weighted by molar-refractivity contribution is 0.501. The summed E-state index contributed by atoms with van der Waals surface area (Å²) in [6.07, 6.45) is 2.43. The van der Waals surface area contributed by atoms with Crippen molar-refractivity contribution >= 4 is 17.0 Å². The summed E-state index contributed by atoms with van der Waals surface area (Å²) >= 11 is 0. The number of aromatic nitrogens is 1. The van der Waals surface area contributed by atoms with Crippen molar-refractivity contribution in [1.82, 2.24) is 4.98 Å². The third-order valence-electron chi connectivity index (χ3n) is 1.11.